The summed E-state index contributed by atoms with van der Waals surface area (Å²) in [5, 5.41) is 3.86. The van der Waals surface area contributed by atoms with Crippen LogP contribution in [0.1, 0.15) is 23.2 Å². The molecule has 164 valence electrons. The lowest BCUT2D eigenvalue weighted by Gasteiger charge is -2.24. The van der Waals surface area contributed by atoms with Gasteiger partial charge in [-0.2, -0.15) is 0 Å². The molecule has 0 saturated carbocycles. The predicted molar refractivity (Wildman–Crippen MR) is 130 cm³/mol. The van der Waals surface area contributed by atoms with Gasteiger partial charge < -0.3 is 10.1 Å². The molecule has 3 aromatic rings. The number of aryl methyl sites for hydroxylation is 1. The first-order valence-corrected chi connectivity index (χ1v) is 12.5. The van der Waals surface area contributed by atoms with Crippen LogP contribution in [0.15, 0.2) is 70.1 Å². The van der Waals surface area contributed by atoms with E-state index in [4.69, 9.17) is 4.74 Å². The highest BCUT2D eigenvalue weighted by molar-refractivity contribution is 7.99. The van der Waals surface area contributed by atoms with Gasteiger partial charge in [0.2, 0.25) is 5.91 Å². The fourth-order valence-corrected chi connectivity index (χ4v) is 5.06. The molecule has 0 saturated heterocycles. The monoisotopic (exact) mass is 466 g/mol. The minimum atomic E-state index is -0.296. The summed E-state index contributed by atoms with van der Waals surface area (Å²) in [6.07, 6.45) is 4.09. The van der Waals surface area contributed by atoms with Crippen LogP contribution in [0.25, 0.3) is 5.57 Å². The fourth-order valence-electron chi connectivity index (χ4n) is 3.76. The van der Waals surface area contributed by atoms with E-state index in [9.17, 15) is 9.18 Å². The van der Waals surface area contributed by atoms with Gasteiger partial charge in [0.1, 0.15) is 23.2 Å². The molecule has 1 N–H and O–H groups in total. The number of nitrogens with one attached hydrogen (secondary N) is 1. The predicted octanol–water partition coefficient (Wildman–Crippen LogP) is 6.20. The number of carbonyl (C=O) groups excluding carboxylic acids is 1. The summed E-state index contributed by atoms with van der Waals surface area (Å²) in [5.41, 5.74) is 5.18. The van der Waals surface area contributed by atoms with E-state index >= 15 is 0 Å². The molecule has 4 nitrogen and oxygen atoms in total. The number of para-hydroxylation sites is 1. The molecule has 1 aromatic heterocycles. The highest BCUT2D eigenvalue weighted by atomic mass is 32.2. The second-order valence-corrected chi connectivity index (χ2v) is 8.99. The summed E-state index contributed by atoms with van der Waals surface area (Å²) in [6.45, 7) is 2.25. The minimum absolute atomic E-state index is 0.140. The number of aromatic nitrogens is 1. The molecule has 7 heteroatoms. The van der Waals surface area contributed by atoms with Crippen molar-refractivity contribution < 1.29 is 13.9 Å². The molecular weight excluding hydrogens is 443 g/mol. The Balaban J connectivity index is 1.70. The number of pyridine rings is 1. The zero-order valence-corrected chi connectivity index (χ0v) is 19.7. The average molecular weight is 467 g/mol. The van der Waals surface area contributed by atoms with Gasteiger partial charge in [0.15, 0.2) is 0 Å². The molecule has 0 atom stereocenters. The Morgan fingerprint density at radius 2 is 1.88 bits per heavy atom. The van der Waals surface area contributed by atoms with Gasteiger partial charge in [0.25, 0.3) is 0 Å². The van der Waals surface area contributed by atoms with Crippen LogP contribution in [0, 0.1) is 12.7 Å². The molecule has 32 heavy (non-hydrogen) atoms. The molecule has 1 aliphatic heterocycles. The van der Waals surface area contributed by atoms with Crippen LogP contribution in [0.2, 0.25) is 0 Å². The highest BCUT2D eigenvalue weighted by Crippen LogP contribution is 2.39. The van der Waals surface area contributed by atoms with E-state index in [1.807, 2.05) is 49.8 Å². The summed E-state index contributed by atoms with van der Waals surface area (Å²) in [5.74, 6) is 0.321. The van der Waals surface area contributed by atoms with Crippen LogP contribution >= 0.6 is 23.5 Å². The zero-order valence-electron chi connectivity index (χ0n) is 18.1. The number of nitrogens with zero attached hydrogens (tertiary/aromatic N) is 1. The molecule has 4 rings (SSSR count). The lowest BCUT2D eigenvalue weighted by molar-refractivity contribution is -0.115. The fraction of sp³-hybridized carbons (Fsp3) is 0.200. The number of ether oxygens (including phenoxy) is 1. The molecule has 0 unspecified atom stereocenters. The number of thioether (sulfide) groups is 2. The molecule has 0 radical (unpaired) electrons. The first kappa shape index (κ1) is 22.4. The first-order valence-electron chi connectivity index (χ1n) is 10.1. The average Bonchev–Trinajstić information content (AvgIpc) is 2.80. The smallest absolute Gasteiger partial charge is 0.228 e. The van der Waals surface area contributed by atoms with Crippen molar-refractivity contribution in [2.75, 3.05) is 24.4 Å². The summed E-state index contributed by atoms with van der Waals surface area (Å²) in [4.78, 5) is 18.7. The van der Waals surface area contributed by atoms with Gasteiger partial charge in [-0.25, -0.2) is 9.37 Å². The summed E-state index contributed by atoms with van der Waals surface area (Å²) >= 11 is 3.08. The van der Waals surface area contributed by atoms with Gasteiger partial charge in [-0.1, -0.05) is 30.3 Å². The van der Waals surface area contributed by atoms with E-state index in [1.165, 1.54) is 23.9 Å². The maximum atomic E-state index is 13.6. The second-order valence-electron chi connectivity index (χ2n) is 7.35. The molecule has 1 aliphatic rings. The number of rotatable bonds is 6. The van der Waals surface area contributed by atoms with Crippen molar-refractivity contribution in [2.24, 2.45) is 0 Å². The summed E-state index contributed by atoms with van der Waals surface area (Å²) in [7, 11) is 0. The van der Waals surface area contributed by atoms with Gasteiger partial charge in [0, 0.05) is 16.2 Å². The molecular formula is C25H23FN2O2S2. The Labute approximate surface area is 195 Å². The Hall–Kier alpha value is -2.77. The normalized spacial score (nSPS) is 12.9. The topological polar surface area (TPSA) is 51.2 Å². The lowest BCUT2D eigenvalue weighted by Crippen LogP contribution is -2.20. The van der Waals surface area contributed by atoms with E-state index < -0.39 is 0 Å². The molecule has 2 aromatic carbocycles. The quantitative estimate of drug-likeness (QED) is 0.439. The molecule has 0 aliphatic carbocycles. The van der Waals surface area contributed by atoms with E-state index in [2.05, 4.69) is 10.3 Å². The molecule has 0 spiro atoms. The largest absolute Gasteiger partial charge is 0.489 e. The highest BCUT2D eigenvalue weighted by Gasteiger charge is 2.24. The molecule has 0 bridgehead atoms. The van der Waals surface area contributed by atoms with Crippen molar-refractivity contribution in [2.45, 2.75) is 23.3 Å². The van der Waals surface area contributed by atoms with Gasteiger partial charge in [-0.15, -0.1) is 23.5 Å². The zero-order chi connectivity index (χ0) is 22.7. The lowest BCUT2D eigenvalue weighted by atomic mass is 9.89. The van der Waals surface area contributed by atoms with Crippen LogP contribution < -0.4 is 10.1 Å². The number of benzene rings is 2. The Bertz CT molecular complexity index is 1170. The maximum Gasteiger partial charge on any atom is 0.228 e. The van der Waals surface area contributed by atoms with E-state index in [-0.39, 0.29) is 18.1 Å². The van der Waals surface area contributed by atoms with Crippen molar-refractivity contribution in [3.8, 4) is 5.75 Å². The summed E-state index contributed by atoms with van der Waals surface area (Å²) in [6, 6.07) is 16.0. The van der Waals surface area contributed by atoms with Crippen LogP contribution in [0.3, 0.4) is 0 Å². The summed E-state index contributed by atoms with van der Waals surface area (Å²) < 4.78 is 19.5. The van der Waals surface area contributed by atoms with Gasteiger partial charge in [-0.3, -0.25) is 4.79 Å². The third-order valence-electron chi connectivity index (χ3n) is 5.17. The van der Waals surface area contributed by atoms with Gasteiger partial charge in [-0.05, 0) is 60.4 Å². The van der Waals surface area contributed by atoms with Crippen LogP contribution in [-0.4, -0.2) is 30.0 Å². The SMILES string of the molecule is CSc1cc(C)nc(SC)c1NC(=O)CC1=C(c2ccc(F)cc2)c2ccccc2OC1. The number of fused-ring (bicyclic) bond motifs is 1. The number of hydrogen-bond donors (Lipinski definition) is 1. The van der Waals surface area contributed by atoms with Crippen molar-refractivity contribution in [3.63, 3.8) is 0 Å². The van der Waals surface area contributed by atoms with Crippen LogP contribution in [0.5, 0.6) is 5.75 Å². The second kappa shape index (κ2) is 9.79. The molecule has 2 heterocycles. The third kappa shape index (κ3) is 4.69. The van der Waals surface area contributed by atoms with Gasteiger partial charge in [0.05, 0.1) is 12.1 Å². The van der Waals surface area contributed by atoms with Crippen molar-refractivity contribution >= 4 is 40.7 Å². The number of hydrogen-bond acceptors (Lipinski definition) is 5. The number of carbonyl (C=O) groups is 1. The third-order valence-corrected chi connectivity index (χ3v) is 6.62. The number of anilines is 1. The number of halogens is 1. The van der Waals surface area contributed by atoms with E-state index in [1.54, 1.807) is 23.9 Å². The van der Waals surface area contributed by atoms with E-state index in [0.717, 1.165) is 49.3 Å². The standard InChI is InChI=1S/C25H23FN2O2S2/c1-15-12-21(31-2)24(25(27-15)32-3)28-22(29)13-17-14-30-20-7-5-4-6-19(20)23(17)16-8-10-18(26)11-9-16/h4-12H,13-14H2,1-3H3,(H,28,29). The van der Waals surface area contributed by atoms with E-state index in [0.29, 0.717) is 6.61 Å². The van der Waals surface area contributed by atoms with Crippen molar-refractivity contribution in [1.82, 2.24) is 4.98 Å². The Kier molecular flexibility index (Phi) is 6.86. The maximum absolute atomic E-state index is 13.6. The minimum Gasteiger partial charge on any atom is -0.489 e. The molecule has 1 amide bonds. The van der Waals surface area contributed by atoms with Crippen molar-refractivity contribution in [3.05, 3.63) is 82.8 Å². The van der Waals surface area contributed by atoms with Crippen LogP contribution in [-0.2, 0) is 4.79 Å². The van der Waals surface area contributed by atoms with Crippen LogP contribution in [0.4, 0.5) is 10.1 Å². The van der Waals surface area contributed by atoms with Crippen molar-refractivity contribution in [1.29, 1.82) is 0 Å². The number of amides is 1. The Morgan fingerprint density at radius 3 is 2.59 bits per heavy atom. The first-order chi connectivity index (χ1) is 15.5. The Morgan fingerprint density at radius 1 is 1.12 bits per heavy atom. The van der Waals surface area contributed by atoms with Gasteiger partial charge >= 0.3 is 0 Å². The molecule has 0 fully saturated rings.